The van der Waals surface area contributed by atoms with Crippen LogP contribution in [-0.2, 0) is 4.74 Å². The molecule has 1 aliphatic rings. The third kappa shape index (κ3) is 6.17. The second kappa shape index (κ2) is 10.8. The Morgan fingerprint density at radius 3 is 2.75 bits per heavy atom. The monoisotopic (exact) mass is 409 g/mol. The smallest absolute Gasteiger partial charge is 0.123 e. The second-order valence-corrected chi connectivity index (χ2v) is 7.33. The fourth-order valence-corrected chi connectivity index (χ4v) is 3.40. The minimum atomic E-state index is -0.600. The summed E-state index contributed by atoms with van der Waals surface area (Å²) in [6.45, 7) is 6.92. The van der Waals surface area contributed by atoms with E-state index in [0.717, 1.165) is 23.4 Å². The van der Waals surface area contributed by atoms with Gasteiger partial charge in [-0.05, 0) is 35.2 Å². The number of hydrogen-bond donors (Lipinski definition) is 1. The highest BCUT2D eigenvalue weighted by Gasteiger charge is 2.24. The molecule has 6 heteroatoms. The molecule has 28 heavy (non-hydrogen) atoms. The average molecular weight is 410 g/mol. The van der Waals surface area contributed by atoms with Gasteiger partial charge in [0.1, 0.15) is 24.3 Å². The lowest BCUT2D eigenvalue weighted by atomic mass is 10.0. The standard InChI is InChI=1S/C22H28FNO3.ClH/c1-16(2)20-8-3-4-9-21(20)27-15-19(25)13-24-10-11-26-22(14-24)17-6-5-7-18(23)12-17;/h3-9,12,16,19,22,25H,10-11,13-15H2,1-2H3;1H. The summed E-state index contributed by atoms with van der Waals surface area (Å²) in [5.41, 5.74) is 1.97. The molecule has 1 fully saturated rings. The van der Waals surface area contributed by atoms with E-state index in [9.17, 15) is 9.50 Å². The van der Waals surface area contributed by atoms with E-state index in [4.69, 9.17) is 9.47 Å². The molecule has 0 amide bonds. The maximum Gasteiger partial charge on any atom is 0.123 e. The summed E-state index contributed by atoms with van der Waals surface area (Å²) < 4.78 is 25.1. The van der Waals surface area contributed by atoms with Gasteiger partial charge < -0.3 is 14.6 Å². The molecule has 2 unspecified atom stereocenters. The van der Waals surface area contributed by atoms with Crippen molar-refractivity contribution in [2.24, 2.45) is 0 Å². The van der Waals surface area contributed by atoms with Gasteiger partial charge in [-0.2, -0.15) is 0 Å². The summed E-state index contributed by atoms with van der Waals surface area (Å²) >= 11 is 0. The highest BCUT2D eigenvalue weighted by atomic mass is 35.5. The van der Waals surface area contributed by atoms with Crippen LogP contribution >= 0.6 is 12.4 Å². The fourth-order valence-electron chi connectivity index (χ4n) is 3.40. The molecule has 2 aromatic rings. The second-order valence-electron chi connectivity index (χ2n) is 7.33. The Balaban J connectivity index is 0.00000280. The average Bonchev–Trinajstić information content (AvgIpc) is 2.67. The molecular weight excluding hydrogens is 381 g/mol. The molecule has 1 saturated heterocycles. The number of hydrogen-bond acceptors (Lipinski definition) is 4. The van der Waals surface area contributed by atoms with Crippen LogP contribution in [0.3, 0.4) is 0 Å². The van der Waals surface area contributed by atoms with Crippen LogP contribution in [0.2, 0.25) is 0 Å². The van der Waals surface area contributed by atoms with Crippen molar-refractivity contribution < 1.29 is 19.0 Å². The topological polar surface area (TPSA) is 41.9 Å². The lowest BCUT2D eigenvalue weighted by Gasteiger charge is -2.34. The number of nitrogens with zero attached hydrogens (tertiary/aromatic N) is 1. The van der Waals surface area contributed by atoms with Crippen LogP contribution in [0.25, 0.3) is 0 Å². The first-order chi connectivity index (χ1) is 13.0. The van der Waals surface area contributed by atoms with Gasteiger partial charge in [0.05, 0.1) is 12.7 Å². The molecule has 2 aromatic carbocycles. The van der Waals surface area contributed by atoms with Crippen LogP contribution in [0.5, 0.6) is 5.75 Å². The van der Waals surface area contributed by atoms with Gasteiger partial charge in [-0.15, -0.1) is 12.4 Å². The Bertz CT molecular complexity index is 743. The van der Waals surface area contributed by atoms with Crippen molar-refractivity contribution in [2.45, 2.75) is 32.0 Å². The largest absolute Gasteiger partial charge is 0.491 e. The predicted octanol–water partition coefficient (Wildman–Crippen LogP) is 4.18. The van der Waals surface area contributed by atoms with Gasteiger partial charge in [-0.1, -0.05) is 44.2 Å². The lowest BCUT2D eigenvalue weighted by Crippen LogP contribution is -2.43. The number of benzene rings is 2. The normalized spacial score (nSPS) is 18.5. The van der Waals surface area contributed by atoms with Gasteiger partial charge in [-0.25, -0.2) is 4.39 Å². The molecule has 0 spiro atoms. The van der Waals surface area contributed by atoms with Crippen LogP contribution in [0.15, 0.2) is 48.5 Å². The van der Waals surface area contributed by atoms with E-state index in [1.807, 2.05) is 24.3 Å². The third-order valence-electron chi connectivity index (χ3n) is 4.81. The van der Waals surface area contributed by atoms with Crippen LogP contribution < -0.4 is 4.74 Å². The van der Waals surface area contributed by atoms with Gasteiger partial charge in [-0.3, -0.25) is 4.90 Å². The van der Waals surface area contributed by atoms with Crippen molar-refractivity contribution in [3.8, 4) is 5.75 Å². The Kier molecular flexibility index (Phi) is 8.70. The van der Waals surface area contributed by atoms with Crippen molar-refractivity contribution in [1.29, 1.82) is 0 Å². The van der Waals surface area contributed by atoms with E-state index in [1.54, 1.807) is 6.07 Å². The summed E-state index contributed by atoms with van der Waals surface area (Å²) in [6.07, 6.45) is -0.777. The maximum absolute atomic E-state index is 13.5. The molecule has 0 bridgehead atoms. The number of ether oxygens (including phenoxy) is 2. The summed E-state index contributed by atoms with van der Waals surface area (Å²) in [7, 11) is 0. The van der Waals surface area contributed by atoms with Gasteiger partial charge in [0.15, 0.2) is 0 Å². The molecule has 1 heterocycles. The molecule has 0 radical (unpaired) electrons. The number of morpholine rings is 1. The van der Waals surface area contributed by atoms with Crippen LogP contribution in [0.1, 0.15) is 37.0 Å². The van der Waals surface area contributed by atoms with E-state index in [2.05, 4.69) is 24.8 Å². The zero-order valence-electron chi connectivity index (χ0n) is 16.4. The number of halogens is 2. The minimum absolute atomic E-state index is 0. The summed E-state index contributed by atoms with van der Waals surface area (Å²) in [4.78, 5) is 2.14. The molecular formula is C22H29ClFNO3. The van der Waals surface area contributed by atoms with Crippen molar-refractivity contribution >= 4 is 12.4 Å². The third-order valence-corrected chi connectivity index (χ3v) is 4.81. The van der Waals surface area contributed by atoms with Crippen LogP contribution in [-0.4, -0.2) is 49.0 Å². The van der Waals surface area contributed by atoms with Gasteiger partial charge in [0.25, 0.3) is 0 Å². The number of para-hydroxylation sites is 1. The highest BCUT2D eigenvalue weighted by Crippen LogP contribution is 2.26. The number of β-amino-alcohol motifs (C(OH)–C–C–N with tert-alkyl or cyclic N) is 1. The Hall–Kier alpha value is -1.66. The molecule has 154 valence electrons. The van der Waals surface area contributed by atoms with E-state index in [1.165, 1.54) is 12.1 Å². The van der Waals surface area contributed by atoms with E-state index >= 15 is 0 Å². The fraction of sp³-hybridized carbons (Fsp3) is 0.455. The van der Waals surface area contributed by atoms with E-state index < -0.39 is 6.10 Å². The van der Waals surface area contributed by atoms with Crippen molar-refractivity contribution in [1.82, 2.24) is 4.90 Å². The number of rotatable bonds is 7. The zero-order chi connectivity index (χ0) is 19.2. The zero-order valence-corrected chi connectivity index (χ0v) is 17.2. The number of aliphatic hydroxyl groups is 1. The van der Waals surface area contributed by atoms with Crippen molar-refractivity contribution in [3.63, 3.8) is 0 Å². The summed E-state index contributed by atoms with van der Waals surface area (Å²) in [5.74, 6) is 0.932. The molecule has 4 nitrogen and oxygen atoms in total. The first-order valence-corrected chi connectivity index (χ1v) is 9.52. The van der Waals surface area contributed by atoms with Gasteiger partial charge in [0, 0.05) is 19.6 Å². The predicted molar refractivity (Wildman–Crippen MR) is 111 cm³/mol. The van der Waals surface area contributed by atoms with Crippen molar-refractivity contribution in [2.75, 3.05) is 32.8 Å². The SMILES string of the molecule is CC(C)c1ccccc1OCC(O)CN1CCOC(c2cccc(F)c2)C1.Cl. The molecule has 2 atom stereocenters. The quantitative estimate of drug-likeness (QED) is 0.744. The highest BCUT2D eigenvalue weighted by molar-refractivity contribution is 5.85. The van der Waals surface area contributed by atoms with Gasteiger partial charge in [0.2, 0.25) is 0 Å². The maximum atomic E-state index is 13.5. The molecule has 1 N–H and O–H groups in total. The Morgan fingerprint density at radius 1 is 1.21 bits per heavy atom. The number of aliphatic hydroxyl groups excluding tert-OH is 1. The summed E-state index contributed by atoms with van der Waals surface area (Å²) in [6, 6.07) is 14.4. The molecule has 0 saturated carbocycles. The van der Waals surface area contributed by atoms with Crippen LogP contribution in [0, 0.1) is 5.82 Å². The van der Waals surface area contributed by atoms with E-state index in [0.29, 0.717) is 25.6 Å². The first kappa shape index (κ1) is 22.6. The van der Waals surface area contributed by atoms with E-state index in [-0.39, 0.29) is 30.9 Å². The van der Waals surface area contributed by atoms with Gasteiger partial charge >= 0.3 is 0 Å². The van der Waals surface area contributed by atoms with Crippen molar-refractivity contribution in [3.05, 3.63) is 65.5 Å². The van der Waals surface area contributed by atoms with Crippen LogP contribution in [0.4, 0.5) is 4.39 Å². The Labute approximate surface area is 172 Å². The minimum Gasteiger partial charge on any atom is -0.491 e. The molecule has 0 aliphatic carbocycles. The summed E-state index contributed by atoms with van der Waals surface area (Å²) in [5, 5.41) is 10.4. The molecule has 1 aliphatic heterocycles. The lowest BCUT2D eigenvalue weighted by molar-refractivity contribution is -0.0460. The Morgan fingerprint density at radius 2 is 2.00 bits per heavy atom. The molecule has 3 rings (SSSR count). The first-order valence-electron chi connectivity index (χ1n) is 9.52. The molecule has 0 aromatic heterocycles.